The summed E-state index contributed by atoms with van der Waals surface area (Å²) in [7, 11) is -0.948. The van der Waals surface area contributed by atoms with E-state index in [1.165, 1.54) is 20.3 Å². The van der Waals surface area contributed by atoms with Gasteiger partial charge in [-0.25, -0.2) is 8.42 Å². The normalized spacial score (nSPS) is 11.0. The topological polar surface area (TPSA) is 108 Å². The van der Waals surface area contributed by atoms with Crippen molar-refractivity contribution in [3.63, 3.8) is 0 Å². The van der Waals surface area contributed by atoms with Crippen LogP contribution in [0.5, 0.6) is 11.5 Å². The number of ether oxygens (including phenoxy) is 2. The minimum absolute atomic E-state index is 0.102. The first kappa shape index (κ1) is 17.0. The Labute approximate surface area is 123 Å². The van der Waals surface area contributed by atoms with Crippen molar-refractivity contribution in [3.8, 4) is 11.5 Å². The molecule has 0 amide bonds. The van der Waals surface area contributed by atoms with Crippen LogP contribution in [0.4, 0.5) is 11.4 Å². The summed E-state index contributed by atoms with van der Waals surface area (Å²) in [5.74, 6) is 0.256. The van der Waals surface area contributed by atoms with Crippen LogP contribution in [0.3, 0.4) is 0 Å². The molecule has 0 radical (unpaired) electrons. The Balaban J connectivity index is 3.24. The molecule has 1 N–H and O–H groups in total. The molecule has 9 heteroatoms. The Morgan fingerprint density at radius 1 is 1.24 bits per heavy atom. The maximum Gasteiger partial charge on any atom is 0.297 e. The molecule has 1 rings (SSSR count). The van der Waals surface area contributed by atoms with Crippen LogP contribution >= 0.6 is 0 Å². The summed E-state index contributed by atoms with van der Waals surface area (Å²) in [6.45, 7) is 1.86. The first-order valence-corrected chi connectivity index (χ1v) is 7.90. The number of unbranched alkanes of at least 4 members (excludes halogenated alkanes) is 1. The monoisotopic (exact) mass is 318 g/mol. The molecule has 1 aromatic carbocycles. The van der Waals surface area contributed by atoms with Crippen LogP contribution in [-0.2, 0) is 10.0 Å². The molecule has 0 atom stereocenters. The van der Waals surface area contributed by atoms with Gasteiger partial charge in [0.05, 0.1) is 31.0 Å². The predicted octanol–water partition coefficient (Wildman–Crippen LogP) is 2.15. The highest BCUT2D eigenvalue weighted by Gasteiger charge is 2.23. The third-order valence-corrected chi connectivity index (χ3v) is 4.09. The summed E-state index contributed by atoms with van der Waals surface area (Å²) in [6, 6.07) is 2.36. The van der Waals surface area contributed by atoms with Crippen LogP contribution < -0.4 is 14.2 Å². The molecule has 0 unspecified atom stereocenters. The van der Waals surface area contributed by atoms with Crippen molar-refractivity contribution in [3.05, 3.63) is 22.2 Å². The van der Waals surface area contributed by atoms with Gasteiger partial charge in [-0.2, -0.15) is 0 Å². The van der Waals surface area contributed by atoms with E-state index in [0.29, 0.717) is 12.8 Å². The van der Waals surface area contributed by atoms with Crippen LogP contribution in [0.2, 0.25) is 0 Å². The van der Waals surface area contributed by atoms with Gasteiger partial charge in [-0.1, -0.05) is 13.3 Å². The molecule has 0 aliphatic rings. The smallest absolute Gasteiger partial charge is 0.297 e. The van der Waals surface area contributed by atoms with Gasteiger partial charge < -0.3 is 9.47 Å². The second-order valence-electron chi connectivity index (χ2n) is 4.26. The molecular formula is C12H18N2O6S. The van der Waals surface area contributed by atoms with Crippen LogP contribution in [0.15, 0.2) is 12.1 Å². The van der Waals surface area contributed by atoms with E-state index in [0.717, 1.165) is 6.07 Å². The van der Waals surface area contributed by atoms with Crippen molar-refractivity contribution in [2.24, 2.45) is 0 Å². The number of nitrogens with zero attached hydrogens (tertiary/aromatic N) is 1. The highest BCUT2D eigenvalue weighted by molar-refractivity contribution is 7.92. The number of methoxy groups -OCH3 is 2. The van der Waals surface area contributed by atoms with Crippen molar-refractivity contribution in [1.82, 2.24) is 0 Å². The molecule has 0 saturated carbocycles. The van der Waals surface area contributed by atoms with E-state index >= 15 is 0 Å². The fourth-order valence-corrected chi connectivity index (χ4v) is 2.92. The van der Waals surface area contributed by atoms with Crippen molar-refractivity contribution in [1.29, 1.82) is 0 Å². The number of hydrogen-bond donors (Lipinski definition) is 1. The summed E-state index contributed by atoms with van der Waals surface area (Å²) >= 11 is 0. The van der Waals surface area contributed by atoms with E-state index in [4.69, 9.17) is 9.47 Å². The van der Waals surface area contributed by atoms with Gasteiger partial charge in [0, 0.05) is 6.07 Å². The molecule has 0 bridgehead atoms. The number of sulfonamides is 1. The molecule has 0 heterocycles. The highest BCUT2D eigenvalue weighted by Crippen LogP contribution is 2.38. The first-order valence-electron chi connectivity index (χ1n) is 6.25. The maximum atomic E-state index is 11.9. The molecule has 0 aromatic heterocycles. The fourth-order valence-electron chi connectivity index (χ4n) is 1.65. The van der Waals surface area contributed by atoms with Crippen LogP contribution in [-0.4, -0.2) is 33.3 Å². The Hall–Kier alpha value is -2.03. The average Bonchev–Trinajstić information content (AvgIpc) is 2.43. The molecule has 8 nitrogen and oxygen atoms in total. The molecule has 0 saturated heterocycles. The zero-order valence-electron chi connectivity index (χ0n) is 12.1. The number of anilines is 1. The van der Waals surface area contributed by atoms with Gasteiger partial charge >= 0.3 is 0 Å². The van der Waals surface area contributed by atoms with E-state index in [1.807, 2.05) is 6.92 Å². The minimum atomic E-state index is -3.65. The van der Waals surface area contributed by atoms with E-state index in [2.05, 4.69) is 4.72 Å². The first-order chi connectivity index (χ1) is 9.84. The van der Waals surface area contributed by atoms with Crippen molar-refractivity contribution >= 4 is 21.4 Å². The third-order valence-electron chi connectivity index (χ3n) is 2.73. The summed E-state index contributed by atoms with van der Waals surface area (Å²) in [4.78, 5) is 10.4. The number of nitro benzene ring substituents is 1. The lowest BCUT2D eigenvalue weighted by molar-refractivity contribution is -0.384. The van der Waals surface area contributed by atoms with E-state index < -0.39 is 20.6 Å². The second-order valence-corrected chi connectivity index (χ2v) is 6.10. The molecule has 0 aliphatic heterocycles. The Bertz CT molecular complexity index is 614. The molecular weight excluding hydrogens is 300 g/mol. The molecule has 0 spiro atoms. The van der Waals surface area contributed by atoms with Gasteiger partial charge in [0.2, 0.25) is 10.0 Å². The molecule has 0 aliphatic carbocycles. The summed E-state index contributed by atoms with van der Waals surface area (Å²) < 4.78 is 36.0. The second kappa shape index (κ2) is 7.11. The Kier molecular flexibility index (Phi) is 5.77. The molecule has 118 valence electrons. The molecule has 0 fully saturated rings. The lowest BCUT2D eigenvalue weighted by Gasteiger charge is -2.12. The molecule has 1 aromatic rings. The van der Waals surface area contributed by atoms with Crippen molar-refractivity contribution in [2.45, 2.75) is 19.8 Å². The van der Waals surface area contributed by atoms with Gasteiger partial charge in [0.15, 0.2) is 11.5 Å². The Morgan fingerprint density at radius 2 is 1.81 bits per heavy atom. The quantitative estimate of drug-likeness (QED) is 0.581. The summed E-state index contributed by atoms with van der Waals surface area (Å²) in [6.07, 6.45) is 1.17. The zero-order valence-corrected chi connectivity index (χ0v) is 12.9. The average molecular weight is 318 g/mol. The minimum Gasteiger partial charge on any atom is -0.493 e. The van der Waals surface area contributed by atoms with Crippen LogP contribution in [0.1, 0.15) is 19.8 Å². The fraction of sp³-hybridized carbons (Fsp3) is 0.500. The van der Waals surface area contributed by atoms with Gasteiger partial charge in [0.25, 0.3) is 5.69 Å². The van der Waals surface area contributed by atoms with E-state index in [9.17, 15) is 18.5 Å². The zero-order chi connectivity index (χ0) is 16.0. The largest absolute Gasteiger partial charge is 0.493 e. The summed E-state index contributed by atoms with van der Waals surface area (Å²) in [5.41, 5.74) is -0.540. The number of nitrogens with one attached hydrogen (secondary N) is 1. The van der Waals surface area contributed by atoms with Crippen molar-refractivity contribution in [2.75, 3.05) is 24.7 Å². The standard InChI is InChI=1S/C12H18N2O6S/c1-4-5-6-21(17,18)13-9-7-11(19-2)12(20-3)8-10(9)14(15)16/h7-8,13H,4-6H2,1-3H3. The van der Waals surface area contributed by atoms with Gasteiger partial charge in [-0.3, -0.25) is 14.8 Å². The number of hydrogen-bond acceptors (Lipinski definition) is 6. The lowest BCUT2D eigenvalue weighted by atomic mass is 10.2. The summed E-state index contributed by atoms with van der Waals surface area (Å²) in [5, 5.41) is 11.1. The Morgan fingerprint density at radius 3 is 2.29 bits per heavy atom. The van der Waals surface area contributed by atoms with Crippen molar-refractivity contribution < 1.29 is 22.8 Å². The number of benzene rings is 1. The lowest BCUT2D eigenvalue weighted by Crippen LogP contribution is -2.17. The van der Waals surface area contributed by atoms with E-state index in [1.54, 1.807) is 0 Å². The van der Waals surface area contributed by atoms with E-state index in [-0.39, 0.29) is 22.9 Å². The predicted molar refractivity (Wildman–Crippen MR) is 78.5 cm³/mol. The van der Waals surface area contributed by atoms with Gasteiger partial charge in [-0.05, 0) is 6.42 Å². The number of nitro groups is 1. The number of rotatable bonds is 8. The SMILES string of the molecule is CCCCS(=O)(=O)Nc1cc(OC)c(OC)cc1[N+](=O)[O-]. The highest BCUT2D eigenvalue weighted by atomic mass is 32.2. The third kappa shape index (κ3) is 4.48. The van der Waals surface area contributed by atoms with Gasteiger partial charge in [0.1, 0.15) is 5.69 Å². The molecule has 21 heavy (non-hydrogen) atoms. The maximum absolute atomic E-state index is 11.9. The van der Waals surface area contributed by atoms with Crippen LogP contribution in [0.25, 0.3) is 0 Å². The van der Waals surface area contributed by atoms with Gasteiger partial charge in [-0.15, -0.1) is 0 Å². The van der Waals surface area contributed by atoms with Crippen LogP contribution in [0, 0.1) is 10.1 Å².